The van der Waals surface area contributed by atoms with Crippen LogP contribution in [-0.4, -0.2) is 96.7 Å². The molecule has 0 aromatic carbocycles. The van der Waals surface area contributed by atoms with E-state index in [-0.39, 0.29) is 25.7 Å². The van der Waals surface area contributed by atoms with Crippen LogP contribution in [0.1, 0.15) is 401 Å². The van der Waals surface area contributed by atoms with Crippen LogP contribution in [-0.2, 0) is 65.4 Å². The minimum absolute atomic E-state index is 0.106. The van der Waals surface area contributed by atoms with E-state index in [1.807, 2.05) is 0 Å². The van der Waals surface area contributed by atoms with Gasteiger partial charge in [0, 0.05) is 25.7 Å². The van der Waals surface area contributed by atoms with Crippen LogP contribution in [0.4, 0.5) is 0 Å². The van der Waals surface area contributed by atoms with Crippen molar-refractivity contribution >= 4 is 39.5 Å². The first-order valence-corrected chi connectivity index (χ1v) is 43.1. The number of unbranched alkanes of at least 4 members (excludes halogenated alkanes) is 44. The zero-order valence-corrected chi connectivity index (χ0v) is 64.5. The van der Waals surface area contributed by atoms with Crippen molar-refractivity contribution in [2.75, 3.05) is 39.6 Å². The van der Waals surface area contributed by atoms with Crippen molar-refractivity contribution in [1.82, 2.24) is 0 Å². The number of hydrogen-bond donors (Lipinski definition) is 3. The number of aliphatic hydroxyl groups excluding tert-OH is 1. The Morgan fingerprint density at radius 3 is 0.740 bits per heavy atom. The first-order valence-electron chi connectivity index (χ1n) is 40.1. The highest BCUT2D eigenvalue weighted by Crippen LogP contribution is 2.45. The topological polar surface area (TPSA) is 237 Å². The summed E-state index contributed by atoms with van der Waals surface area (Å²) in [6, 6.07) is 0. The molecule has 17 nitrogen and oxygen atoms in total. The Morgan fingerprint density at radius 2 is 0.500 bits per heavy atom. The summed E-state index contributed by atoms with van der Waals surface area (Å²) in [7, 11) is -9.91. The smallest absolute Gasteiger partial charge is 0.462 e. The number of carbonyl (C=O) groups is 4. The molecule has 0 amide bonds. The van der Waals surface area contributed by atoms with Gasteiger partial charge in [0.25, 0.3) is 0 Å². The van der Waals surface area contributed by atoms with Crippen LogP contribution >= 0.6 is 15.6 Å². The van der Waals surface area contributed by atoms with Gasteiger partial charge in [0.1, 0.15) is 19.3 Å². The number of hydrogen-bond acceptors (Lipinski definition) is 15. The second-order valence-electron chi connectivity index (χ2n) is 28.2. The molecule has 0 rings (SSSR count). The van der Waals surface area contributed by atoms with Gasteiger partial charge in [-0.05, 0) is 37.5 Å². The lowest BCUT2D eigenvalue weighted by Gasteiger charge is -2.21. The molecule has 0 saturated carbocycles. The molecule has 96 heavy (non-hydrogen) atoms. The average Bonchev–Trinajstić information content (AvgIpc) is 2.45. The van der Waals surface area contributed by atoms with Gasteiger partial charge < -0.3 is 33.8 Å². The fraction of sp³-hybridized carbons (Fsp3) is 0.948. The SMILES string of the molecule is CCCCCCCCCCCCCCCCCCCCC(=O)O[C@H](COC(=O)CCCCCCCCCCCCC(C)CC)COP(=O)(O)OC[C@@H](O)COP(=O)(O)OC[C@@H](COC(=O)CCCCCCCCCCCC)OC(=O)CCCCCCCCCCCCC(C)CC. The van der Waals surface area contributed by atoms with E-state index >= 15 is 0 Å². The second kappa shape index (κ2) is 68.8. The van der Waals surface area contributed by atoms with Crippen LogP contribution < -0.4 is 0 Å². The maximum Gasteiger partial charge on any atom is 0.472 e. The molecule has 4 unspecified atom stereocenters. The summed E-state index contributed by atoms with van der Waals surface area (Å²) in [5.74, 6) is -0.501. The Balaban J connectivity index is 5.25. The molecule has 0 aromatic heterocycles. The molecule has 0 fully saturated rings. The van der Waals surface area contributed by atoms with Crippen molar-refractivity contribution in [3.8, 4) is 0 Å². The standard InChI is InChI=1S/C77H150O17P2/c1-7-11-13-15-17-19-21-22-23-24-25-26-27-28-37-43-49-55-61-76(81)93-73(66-88-75(80)60-54-48-42-36-31-29-33-39-45-51-57-69(5)9-3)68-92-96(85,86)90-64-71(78)63-89-95(83,84)91-67-72(65-87-74(79)59-53-47-41-35-20-18-16-14-12-8-2)94-77(82)62-56-50-44-38-32-30-34-40-46-52-58-70(6)10-4/h69-73,78H,7-68H2,1-6H3,(H,83,84)(H,85,86)/t69?,70?,71-,72+,73+/m0/s1. The van der Waals surface area contributed by atoms with E-state index in [2.05, 4.69) is 41.5 Å². The normalized spacial score (nSPS) is 14.6. The Labute approximate surface area is 588 Å². The van der Waals surface area contributed by atoms with Gasteiger partial charge in [-0.3, -0.25) is 37.3 Å². The summed E-state index contributed by atoms with van der Waals surface area (Å²) in [5, 5.41) is 10.6. The van der Waals surface area contributed by atoms with Gasteiger partial charge in [0.15, 0.2) is 12.2 Å². The van der Waals surface area contributed by atoms with Gasteiger partial charge in [-0.15, -0.1) is 0 Å². The summed E-state index contributed by atoms with van der Waals surface area (Å²) in [6.45, 7) is 9.65. The van der Waals surface area contributed by atoms with Crippen molar-refractivity contribution in [3.63, 3.8) is 0 Å². The lowest BCUT2D eigenvalue weighted by atomic mass is 9.99. The van der Waals surface area contributed by atoms with E-state index in [4.69, 9.17) is 37.0 Å². The monoisotopic (exact) mass is 1410 g/mol. The Hall–Kier alpha value is -1.94. The highest BCUT2D eigenvalue weighted by atomic mass is 31.2. The van der Waals surface area contributed by atoms with Crippen LogP contribution in [0.25, 0.3) is 0 Å². The Bertz CT molecular complexity index is 1860. The van der Waals surface area contributed by atoms with Crippen molar-refractivity contribution in [2.24, 2.45) is 11.8 Å². The number of carbonyl (C=O) groups excluding carboxylic acids is 4. The quantitative estimate of drug-likeness (QED) is 0.0222. The first-order chi connectivity index (χ1) is 46.4. The Kier molecular flexibility index (Phi) is 67.4. The molecule has 19 heteroatoms. The van der Waals surface area contributed by atoms with E-state index in [9.17, 15) is 43.2 Å². The molecule has 0 radical (unpaired) electrons. The molecule has 0 heterocycles. The second-order valence-corrected chi connectivity index (χ2v) is 31.1. The van der Waals surface area contributed by atoms with E-state index in [0.717, 1.165) is 102 Å². The summed E-state index contributed by atoms with van der Waals surface area (Å²) < 4.78 is 68.6. The average molecular weight is 1410 g/mol. The summed E-state index contributed by atoms with van der Waals surface area (Å²) in [4.78, 5) is 72.9. The predicted octanol–water partition coefficient (Wildman–Crippen LogP) is 22.7. The molecule has 0 saturated heterocycles. The number of phosphoric ester groups is 2. The highest BCUT2D eigenvalue weighted by molar-refractivity contribution is 7.47. The first kappa shape index (κ1) is 94.1. The summed E-state index contributed by atoms with van der Waals surface area (Å²) >= 11 is 0. The molecular weight excluding hydrogens is 1260 g/mol. The van der Waals surface area contributed by atoms with E-state index in [1.54, 1.807) is 0 Å². The number of rotatable bonds is 76. The molecule has 0 spiro atoms. The molecule has 0 bridgehead atoms. The van der Waals surface area contributed by atoms with Crippen molar-refractivity contribution in [2.45, 2.75) is 419 Å². The minimum atomic E-state index is -4.96. The lowest BCUT2D eigenvalue weighted by molar-refractivity contribution is -0.161. The van der Waals surface area contributed by atoms with E-state index in [0.29, 0.717) is 25.7 Å². The number of esters is 4. The van der Waals surface area contributed by atoms with Gasteiger partial charge >= 0.3 is 39.5 Å². The third-order valence-corrected chi connectivity index (χ3v) is 20.6. The highest BCUT2D eigenvalue weighted by Gasteiger charge is 2.30. The number of aliphatic hydroxyl groups is 1. The summed E-state index contributed by atoms with van der Waals surface area (Å²) in [5.41, 5.74) is 0. The van der Waals surface area contributed by atoms with Gasteiger partial charge in [-0.25, -0.2) is 9.13 Å². The predicted molar refractivity (Wildman–Crippen MR) is 391 cm³/mol. The molecule has 0 aliphatic heterocycles. The van der Waals surface area contributed by atoms with Gasteiger partial charge in [-0.1, -0.05) is 350 Å². The zero-order chi connectivity index (χ0) is 70.7. The maximum atomic E-state index is 13.1. The molecule has 570 valence electrons. The molecule has 0 aliphatic rings. The molecule has 0 aromatic rings. The van der Waals surface area contributed by atoms with Crippen molar-refractivity contribution < 1.29 is 80.2 Å². The molecule has 3 N–H and O–H groups in total. The van der Waals surface area contributed by atoms with E-state index in [1.165, 1.54) is 218 Å². The lowest BCUT2D eigenvalue weighted by Crippen LogP contribution is -2.30. The largest absolute Gasteiger partial charge is 0.472 e. The molecule has 7 atom stereocenters. The van der Waals surface area contributed by atoms with Crippen molar-refractivity contribution in [1.29, 1.82) is 0 Å². The van der Waals surface area contributed by atoms with Crippen LogP contribution in [0.3, 0.4) is 0 Å². The van der Waals surface area contributed by atoms with Gasteiger partial charge in [0.05, 0.1) is 26.4 Å². The van der Waals surface area contributed by atoms with Crippen LogP contribution in [0, 0.1) is 11.8 Å². The maximum absolute atomic E-state index is 13.1. The Morgan fingerprint density at radius 1 is 0.292 bits per heavy atom. The number of phosphoric acid groups is 2. The summed E-state index contributed by atoms with van der Waals surface area (Å²) in [6.07, 6.45) is 56.6. The fourth-order valence-electron chi connectivity index (χ4n) is 11.8. The molecular formula is C77H150O17P2. The van der Waals surface area contributed by atoms with Crippen LogP contribution in [0.15, 0.2) is 0 Å². The minimum Gasteiger partial charge on any atom is -0.462 e. The van der Waals surface area contributed by atoms with E-state index < -0.39 is 97.5 Å². The van der Waals surface area contributed by atoms with Crippen LogP contribution in [0.5, 0.6) is 0 Å². The van der Waals surface area contributed by atoms with Crippen molar-refractivity contribution in [3.05, 3.63) is 0 Å². The molecule has 0 aliphatic carbocycles. The third-order valence-electron chi connectivity index (χ3n) is 18.7. The van der Waals surface area contributed by atoms with Crippen LogP contribution in [0.2, 0.25) is 0 Å². The zero-order valence-electron chi connectivity index (χ0n) is 62.7. The fourth-order valence-corrected chi connectivity index (χ4v) is 13.3. The third kappa shape index (κ3) is 67.9. The van der Waals surface area contributed by atoms with Gasteiger partial charge in [-0.2, -0.15) is 0 Å². The number of ether oxygens (including phenoxy) is 4. The van der Waals surface area contributed by atoms with Gasteiger partial charge in [0.2, 0.25) is 0 Å².